The molecule has 0 aliphatic rings. The van der Waals surface area contributed by atoms with E-state index in [1.54, 1.807) is 14.2 Å². The van der Waals surface area contributed by atoms with Crippen molar-refractivity contribution in [2.24, 2.45) is 0 Å². The fourth-order valence-corrected chi connectivity index (χ4v) is 1.94. The van der Waals surface area contributed by atoms with Gasteiger partial charge in [-0.15, -0.1) is 0 Å². The summed E-state index contributed by atoms with van der Waals surface area (Å²) in [5.41, 5.74) is 0. The molecule has 0 heterocycles. The molecule has 0 N–H and O–H groups in total. The fourth-order valence-electron chi connectivity index (χ4n) is 1.35. The van der Waals surface area contributed by atoms with E-state index in [-0.39, 0.29) is 6.10 Å². The molecule has 3 atom stereocenters. The van der Waals surface area contributed by atoms with Crippen molar-refractivity contribution >= 4 is 10.4 Å². The summed E-state index contributed by atoms with van der Waals surface area (Å²) in [6, 6.07) is 0. The number of aldehydes is 1. The molecule has 0 aromatic rings. The molecular formula is C10H18O5W. The Labute approximate surface area is 107 Å². The van der Waals surface area contributed by atoms with E-state index in [0.717, 1.165) is 10.4 Å². The summed E-state index contributed by atoms with van der Waals surface area (Å²) in [5, 5.41) is 0. The monoisotopic (exact) mass is 402 g/mol. The molecule has 3 unspecified atom stereocenters. The maximum atomic E-state index is 10.8. The molecule has 0 saturated carbocycles. The van der Waals surface area contributed by atoms with Crippen LogP contribution in [0.4, 0.5) is 0 Å². The Bertz CT molecular complexity index is 221. The maximum absolute atomic E-state index is 10.8. The summed E-state index contributed by atoms with van der Waals surface area (Å²) in [6.45, 7) is 0. The van der Waals surface area contributed by atoms with Gasteiger partial charge in [-0.1, -0.05) is 0 Å². The first kappa shape index (κ1) is 16.1. The van der Waals surface area contributed by atoms with Crippen molar-refractivity contribution in [3.05, 3.63) is 0 Å². The minimum absolute atomic E-state index is 0.257. The van der Waals surface area contributed by atoms with E-state index in [2.05, 4.69) is 0 Å². The van der Waals surface area contributed by atoms with Gasteiger partial charge in [0.2, 0.25) is 0 Å². The molecule has 0 bridgehead atoms. The first-order valence-electron chi connectivity index (χ1n) is 4.75. The van der Waals surface area contributed by atoms with Gasteiger partial charge in [0.1, 0.15) is 0 Å². The Morgan fingerprint density at radius 1 is 1.19 bits per heavy atom. The third-order valence-electron chi connectivity index (χ3n) is 2.27. The predicted octanol–water partition coefficient (Wildman–Crippen LogP) is -0.0565. The van der Waals surface area contributed by atoms with Crippen molar-refractivity contribution < 1.29 is 43.1 Å². The van der Waals surface area contributed by atoms with Gasteiger partial charge in [0.05, 0.1) is 0 Å². The minimum atomic E-state index is -0.630. The second-order valence-corrected chi connectivity index (χ2v) is 4.73. The van der Waals surface area contributed by atoms with Gasteiger partial charge in [-0.3, -0.25) is 0 Å². The molecule has 0 aliphatic carbocycles. The molecule has 0 radical (unpaired) electrons. The molecule has 0 aromatic heterocycles. The molecule has 6 heteroatoms. The fraction of sp³-hybridized carbons (Fsp3) is 0.800. The van der Waals surface area contributed by atoms with Gasteiger partial charge in [0.25, 0.3) is 0 Å². The number of hydrogen-bond acceptors (Lipinski definition) is 5. The average molecular weight is 402 g/mol. The van der Waals surface area contributed by atoms with Crippen molar-refractivity contribution in [2.45, 2.75) is 24.7 Å². The zero-order valence-corrected chi connectivity index (χ0v) is 12.9. The van der Waals surface area contributed by atoms with Crippen LogP contribution in [0.25, 0.3) is 0 Å². The molecule has 0 saturated heterocycles. The van der Waals surface area contributed by atoms with Crippen LogP contribution >= 0.6 is 0 Å². The summed E-state index contributed by atoms with van der Waals surface area (Å²) in [4.78, 5) is 10.8. The second kappa shape index (κ2) is 9.14. The van der Waals surface area contributed by atoms with E-state index in [1.807, 2.05) is 0 Å². The van der Waals surface area contributed by atoms with Gasteiger partial charge in [-0.05, 0) is 0 Å². The van der Waals surface area contributed by atoms with Crippen LogP contribution in [0.5, 0.6) is 0 Å². The summed E-state index contributed by atoms with van der Waals surface area (Å²) < 4.78 is 21.6. The summed E-state index contributed by atoms with van der Waals surface area (Å²) in [7, 11) is 6.19. The van der Waals surface area contributed by atoms with Crippen molar-refractivity contribution in [1.29, 1.82) is 0 Å². The van der Waals surface area contributed by atoms with Crippen LogP contribution in [0.1, 0.15) is 6.42 Å². The van der Waals surface area contributed by atoms with Crippen LogP contribution in [0.15, 0.2) is 0 Å². The summed E-state index contributed by atoms with van der Waals surface area (Å²) >= 11 is 1.23. The topological polar surface area (TPSA) is 54.0 Å². The SMILES string of the molecule is CO[C](=[W])CC(OC)C(OC)C(C=O)OC. The number of ether oxygens (including phenoxy) is 4. The molecule has 0 amide bonds. The standard InChI is InChI=1S/C10H18O5.W/c1-12-6-5-8(13-2)10(15-4)9(7-11)14-3;/h7-10H,5H2,1-4H3;. The van der Waals surface area contributed by atoms with E-state index in [4.69, 9.17) is 18.9 Å². The van der Waals surface area contributed by atoms with Gasteiger partial charge in [0, 0.05) is 0 Å². The van der Waals surface area contributed by atoms with Crippen molar-refractivity contribution in [1.82, 2.24) is 0 Å². The van der Waals surface area contributed by atoms with Crippen molar-refractivity contribution in [3.8, 4) is 0 Å². The van der Waals surface area contributed by atoms with Crippen LogP contribution in [0.3, 0.4) is 0 Å². The number of carbonyl (C=O) groups excluding carboxylic acids is 1. The van der Waals surface area contributed by atoms with E-state index >= 15 is 0 Å². The molecule has 0 spiro atoms. The van der Waals surface area contributed by atoms with Gasteiger partial charge in [-0.2, -0.15) is 0 Å². The number of carbonyl (C=O) groups is 1. The summed E-state index contributed by atoms with van der Waals surface area (Å²) in [5.74, 6) is 0. The molecule has 16 heavy (non-hydrogen) atoms. The van der Waals surface area contributed by atoms with Crippen LogP contribution in [-0.4, -0.2) is 57.1 Å². The Hall–Kier alpha value is 0.0683. The van der Waals surface area contributed by atoms with Crippen LogP contribution in [0.2, 0.25) is 0 Å². The second-order valence-electron chi connectivity index (χ2n) is 3.09. The van der Waals surface area contributed by atoms with Crippen LogP contribution < -0.4 is 0 Å². The quantitative estimate of drug-likeness (QED) is 0.507. The predicted molar refractivity (Wildman–Crippen MR) is 55.1 cm³/mol. The molecule has 0 rings (SSSR count). The van der Waals surface area contributed by atoms with Crippen LogP contribution in [-0.2, 0) is 43.1 Å². The zero-order valence-electron chi connectivity index (χ0n) is 9.97. The van der Waals surface area contributed by atoms with Gasteiger partial charge < -0.3 is 0 Å². The van der Waals surface area contributed by atoms with Gasteiger partial charge >= 0.3 is 107 Å². The molecular weight excluding hydrogens is 384 g/mol. The van der Waals surface area contributed by atoms with E-state index in [1.165, 1.54) is 33.6 Å². The van der Waals surface area contributed by atoms with Gasteiger partial charge in [0.15, 0.2) is 0 Å². The first-order chi connectivity index (χ1) is 7.64. The Morgan fingerprint density at radius 2 is 1.81 bits per heavy atom. The zero-order chi connectivity index (χ0) is 12.6. The molecule has 94 valence electrons. The molecule has 5 nitrogen and oxygen atoms in total. The van der Waals surface area contributed by atoms with Crippen molar-refractivity contribution in [3.63, 3.8) is 0 Å². The van der Waals surface area contributed by atoms with Gasteiger partial charge in [-0.25, -0.2) is 0 Å². The Kier molecular flexibility index (Phi) is 9.17. The number of rotatable bonds is 9. The number of hydrogen-bond donors (Lipinski definition) is 0. The van der Waals surface area contributed by atoms with Crippen LogP contribution in [0, 0.1) is 0 Å². The summed E-state index contributed by atoms with van der Waals surface area (Å²) in [6.07, 6.45) is -0.0109. The third-order valence-corrected chi connectivity index (χ3v) is 3.46. The number of methoxy groups -OCH3 is 4. The molecule has 0 fully saturated rings. The van der Waals surface area contributed by atoms with E-state index < -0.39 is 12.2 Å². The first-order valence-corrected chi connectivity index (χ1v) is 6.21. The third kappa shape index (κ3) is 4.93. The Morgan fingerprint density at radius 3 is 2.12 bits per heavy atom. The Balaban J connectivity index is 4.60. The molecule has 0 aromatic carbocycles. The van der Waals surface area contributed by atoms with Crippen molar-refractivity contribution in [2.75, 3.05) is 28.4 Å². The molecule has 0 aliphatic heterocycles. The normalized spacial score (nSPS) is 16.5. The van der Waals surface area contributed by atoms with E-state index in [9.17, 15) is 4.79 Å². The average Bonchev–Trinajstić information content (AvgIpc) is 2.33. The van der Waals surface area contributed by atoms with E-state index in [0.29, 0.717) is 6.42 Å².